The number of nitrogens with zero attached hydrogens (tertiary/aromatic N) is 1. The third-order valence-electron chi connectivity index (χ3n) is 4.91. The molecular weight excluding hydrogens is 346 g/mol. The first-order valence-electron chi connectivity index (χ1n) is 9.58. The summed E-state index contributed by atoms with van der Waals surface area (Å²) in [5, 5.41) is 1.32. The Morgan fingerprint density at radius 2 is 1.04 bits per heavy atom. The molecule has 3 aromatic rings. The van der Waals surface area contributed by atoms with E-state index in [4.69, 9.17) is 4.43 Å². The molecule has 0 saturated heterocycles. The van der Waals surface area contributed by atoms with Crippen LogP contribution in [0, 0.1) is 13.8 Å². The highest BCUT2D eigenvalue weighted by Crippen LogP contribution is 2.34. The van der Waals surface area contributed by atoms with Crippen molar-refractivity contribution in [3.8, 4) is 0 Å². The van der Waals surface area contributed by atoms with E-state index in [2.05, 4.69) is 112 Å². The van der Waals surface area contributed by atoms with Gasteiger partial charge in [0.05, 0.1) is 0 Å². The van der Waals surface area contributed by atoms with Crippen LogP contribution >= 0.6 is 0 Å². The first-order valence-corrected chi connectivity index (χ1v) is 12.5. The van der Waals surface area contributed by atoms with Gasteiger partial charge in [-0.3, -0.25) is 0 Å². The molecule has 0 spiro atoms. The Bertz CT molecular complexity index is 822. The van der Waals surface area contributed by atoms with Crippen molar-refractivity contribution in [3.05, 3.63) is 83.9 Å². The van der Waals surface area contributed by atoms with Crippen LogP contribution in [-0.2, 0) is 4.43 Å². The summed E-state index contributed by atoms with van der Waals surface area (Å²) in [4.78, 5) is 2.30. The molecule has 0 atom stereocenters. The van der Waals surface area contributed by atoms with E-state index in [0.29, 0.717) is 0 Å². The van der Waals surface area contributed by atoms with Crippen molar-refractivity contribution in [1.82, 2.24) is 0 Å². The molecule has 0 unspecified atom stereocenters. The second-order valence-electron chi connectivity index (χ2n) is 7.50. The standard InChI is InChI=1S/C24H29NOSi/c1-6-26-27(4,5)24-17-15-23(16-18-24)25(21-11-7-19(2)8-12-21)22-13-9-20(3)10-14-22/h7-18H,6H2,1-5H3. The molecule has 0 aliphatic rings. The van der Waals surface area contributed by atoms with Gasteiger partial charge < -0.3 is 9.33 Å². The molecule has 0 fully saturated rings. The summed E-state index contributed by atoms with van der Waals surface area (Å²) in [6.45, 7) is 11.6. The number of hydrogen-bond donors (Lipinski definition) is 0. The van der Waals surface area contributed by atoms with Gasteiger partial charge in [0.25, 0.3) is 0 Å². The third-order valence-corrected chi connectivity index (χ3v) is 7.64. The first kappa shape index (κ1) is 19.4. The van der Waals surface area contributed by atoms with Crippen LogP contribution in [0.4, 0.5) is 17.1 Å². The molecule has 0 amide bonds. The molecule has 0 bridgehead atoms. The minimum Gasteiger partial charge on any atom is -0.413 e. The van der Waals surface area contributed by atoms with Gasteiger partial charge >= 0.3 is 0 Å². The van der Waals surface area contributed by atoms with Crippen LogP contribution in [0.3, 0.4) is 0 Å². The molecule has 3 rings (SSSR count). The fraction of sp³-hybridized carbons (Fsp3) is 0.250. The van der Waals surface area contributed by atoms with Crippen LogP contribution in [0.25, 0.3) is 0 Å². The molecule has 0 aliphatic heterocycles. The molecule has 0 aliphatic carbocycles. The predicted molar refractivity (Wildman–Crippen MR) is 119 cm³/mol. The van der Waals surface area contributed by atoms with Crippen molar-refractivity contribution in [3.63, 3.8) is 0 Å². The highest BCUT2D eigenvalue weighted by atomic mass is 28.4. The molecule has 0 saturated carbocycles. The molecule has 27 heavy (non-hydrogen) atoms. The summed E-state index contributed by atoms with van der Waals surface area (Å²) >= 11 is 0. The quantitative estimate of drug-likeness (QED) is 0.474. The largest absolute Gasteiger partial charge is 0.413 e. The van der Waals surface area contributed by atoms with E-state index in [-0.39, 0.29) is 0 Å². The van der Waals surface area contributed by atoms with Crippen LogP contribution < -0.4 is 10.1 Å². The van der Waals surface area contributed by atoms with Gasteiger partial charge in [0.1, 0.15) is 0 Å². The lowest BCUT2D eigenvalue weighted by molar-refractivity contribution is 0.339. The van der Waals surface area contributed by atoms with E-state index >= 15 is 0 Å². The Kier molecular flexibility index (Phi) is 5.83. The molecule has 0 N–H and O–H groups in total. The van der Waals surface area contributed by atoms with Crippen LogP contribution in [0.2, 0.25) is 13.1 Å². The van der Waals surface area contributed by atoms with Crippen molar-refractivity contribution in [2.45, 2.75) is 33.9 Å². The van der Waals surface area contributed by atoms with Gasteiger partial charge in [-0.2, -0.15) is 0 Å². The SMILES string of the molecule is CCO[Si](C)(C)c1ccc(N(c2ccc(C)cc2)c2ccc(C)cc2)cc1. The van der Waals surface area contributed by atoms with Crippen LogP contribution in [0.5, 0.6) is 0 Å². The molecule has 0 radical (unpaired) electrons. The molecular formula is C24H29NOSi. The van der Waals surface area contributed by atoms with Gasteiger partial charge in [0.15, 0.2) is 0 Å². The van der Waals surface area contributed by atoms with E-state index in [0.717, 1.165) is 12.3 Å². The molecule has 3 aromatic carbocycles. The van der Waals surface area contributed by atoms with Gasteiger partial charge in [-0.25, -0.2) is 0 Å². The van der Waals surface area contributed by atoms with E-state index < -0.39 is 8.32 Å². The molecule has 3 heteroatoms. The van der Waals surface area contributed by atoms with Crippen molar-refractivity contribution < 1.29 is 4.43 Å². The molecule has 2 nitrogen and oxygen atoms in total. The maximum atomic E-state index is 6.04. The average Bonchev–Trinajstić information content (AvgIpc) is 2.65. The second kappa shape index (κ2) is 8.11. The summed E-state index contributed by atoms with van der Waals surface area (Å²) < 4.78 is 6.04. The normalized spacial score (nSPS) is 11.4. The summed E-state index contributed by atoms with van der Waals surface area (Å²) in [5.74, 6) is 0. The smallest absolute Gasteiger partial charge is 0.218 e. The number of hydrogen-bond acceptors (Lipinski definition) is 2. The van der Waals surface area contributed by atoms with Crippen molar-refractivity contribution >= 4 is 30.6 Å². The lowest BCUT2D eigenvalue weighted by atomic mass is 10.1. The molecule has 140 valence electrons. The Labute approximate surface area is 164 Å². The Balaban J connectivity index is 2.02. The fourth-order valence-electron chi connectivity index (χ4n) is 3.29. The van der Waals surface area contributed by atoms with Gasteiger partial charge in [-0.15, -0.1) is 0 Å². The first-order chi connectivity index (χ1) is 12.9. The monoisotopic (exact) mass is 375 g/mol. The van der Waals surface area contributed by atoms with Gasteiger partial charge in [0.2, 0.25) is 8.32 Å². The second-order valence-corrected chi connectivity index (χ2v) is 11.4. The minimum absolute atomic E-state index is 0.764. The average molecular weight is 376 g/mol. The van der Waals surface area contributed by atoms with Crippen molar-refractivity contribution in [1.29, 1.82) is 0 Å². The summed E-state index contributed by atoms with van der Waals surface area (Å²) in [6.07, 6.45) is 0. The summed E-state index contributed by atoms with van der Waals surface area (Å²) in [7, 11) is -1.83. The van der Waals surface area contributed by atoms with E-state index in [1.165, 1.54) is 27.7 Å². The van der Waals surface area contributed by atoms with E-state index in [1.54, 1.807) is 0 Å². The predicted octanol–water partition coefficient (Wildman–Crippen LogP) is 6.22. The third kappa shape index (κ3) is 4.49. The van der Waals surface area contributed by atoms with E-state index in [9.17, 15) is 0 Å². The lowest BCUT2D eigenvalue weighted by Gasteiger charge is -2.27. The van der Waals surface area contributed by atoms with E-state index in [1.807, 2.05) is 0 Å². The highest BCUT2D eigenvalue weighted by Gasteiger charge is 2.24. The number of benzene rings is 3. The fourth-order valence-corrected chi connectivity index (χ4v) is 5.15. The maximum Gasteiger partial charge on any atom is 0.218 e. The summed E-state index contributed by atoms with van der Waals surface area (Å²) in [6, 6.07) is 26.3. The van der Waals surface area contributed by atoms with Crippen molar-refractivity contribution in [2.75, 3.05) is 11.5 Å². The topological polar surface area (TPSA) is 12.5 Å². The van der Waals surface area contributed by atoms with Gasteiger partial charge in [-0.1, -0.05) is 47.5 Å². The van der Waals surface area contributed by atoms with Crippen LogP contribution in [-0.4, -0.2) is 14.9 Å². The van der Waals surface area contributed by atoms with Crippen molar-refractivity contribution in [2.24, 2.45) is 0 Å². The van der Waals surface area contributed by atoms with Gasteiger partial charge in [-0.05, 0) is 75.5 Å². The zero-order valence-electron chi connectivity index (χ0n) is 17.0. The molecule has 0 aromatic heterocycles. The Morgan fingerprint density at radius 3 is 1.41 bits per heavy atom. The highest BCUT2D eigenvalue weighted by molar-refractivity contribution is 6.84. The lowest BCUT2D eigenvalue weighted by Crippen LogP contribution is -2.44. The minimum atomic E-state index is -1.83. The zero-order chi connectivity index (χ0) is 19.4. The maximum absolute atomic E-state index is 6.04. The zero-order valence-corrected chi connectivity index (χ0v) is 18.0. The number of aryl methyl sites for hydroxylation is 2. The van der Waals surface area contributed by atoms with Crippen LogP contribution in [0.1, 0.15) is 18.1 Å². The Morgan fingerprint density at radius 1 is 0.667 bits per heavy atom. The van der Waals surface area contributed by atoms with Gasteiger partial charge in [0, 0.05) is 23.7 Å². The van der Waals surface area contributed by atoms with Crippen LogP contribution in [0.15, 0.2) is 72.8 Å². The number of rotatable bonds is 6. The summed E-state index contributed by atoms with van der Waals surface area (Å²) in [5.41, 5.74) is 6.02. The Hall–Kier alpha value is -2.36. The number of anilines is 3. The molecule has 0 heterocycles.